The molecular formula is C23H21N3O3S. The molecule has 0 atom stereocenters. The molecule has 2 aromatic heterocycles. The van der Waals surface area contributed by atoms with E-state index in [0.717, 1.165) is 27.3 Å². The summed E-state index contributed by atoms with van der Waals surface area (Å²) < 4.78 is 13.2. The lowest BCUT2D eigenvalue weighted by molar-refractivity contribution is 0.102. The zero-order valence-corrected chi connectivity index (χ0v) is 17.9. The smallest absolute Gasteiger partial charge is 0.196 e. The van der Waals surface area contributed by atoms with Gasteiger partial charge < -0.3 is 9.47 Å². The van der Waals surface area contributed by atoms with Crippen LogP contribution in [0.2, 0.25) is 0 Å². The normalized spacial score (nSPS) is 13.2. The Morgan fingerprint density at radius 1 is 1.00 bits per heavy atom. The summed E-state index contributed by atoms with van der Waals surface area (Å²) in [4.78, 5) is 12.8. The van der Waals surface area contributed by atoms with Gasteiger partial charge in [-0.15, -0.1) is 10.2 Å². The molecule has 0 unspecified atom stereocenters. The molecule has 6 nitrogen and oxygen atoms in total. The number of benzene rings is 2. The minimum absolute atomic E-state index is 0.0126. The van der Waals surface area contributed by atoms with E-state index in [1.807, 2.05) is 6.92 Å². The summed E-state index contributed by atoms with van der Waals surface area (Å²) in [6, 6.07) is 11.7. The van der Waals surface area contributed by atoms with Crippen LogP contribution in [0.3, 0.4) is 0 Å². The molecule has 0 saturated heterocycles. The van der Waals surface area contributed by atoms with E-state index in [0.29, 0.717) is 30.3 Å². The number of hydrogen-bond acceptors (Lipinski definition) is 6. The van der Waals surface area contributed by atoms with Crippen LogP contribution in [0.5, 0.6) is 11.5 Å². The maximum Gasteiger partial charge on any atom is 0.196 e. The van der Waals surface area contributed by atoms with Crippen molar-refractivity contribution in [3.05, 3.63) is 58.7 Å². The fourth-order valence-corrected chi connectivity index (χ4v) is 4.62. The quantitative estimate of drug-likeness (QED) is 0.357. The number of aromatic nitrogens is 3. The fraction of sp³-hybridized carbons (Fsp3) is 0.261. The summed E-state index contributed by atoms with van der Waals surface area (Å²) in [6.45, 7) is 7.27. The second kappa shape index (κ2) is 7.32. The lowest BCUT2D eigenvalue weighted by Crippen LogP contribution is -2.16. The average molecular weight is 420 g/mol. The number of thioether (sulfide) groups is 1. The third kappa shape index (κ3) is 3.10. The maximum atomic E-state index is 12.8. The van der Waals surface area contributed by atoms with Crippen molar-refractivity contribution in [3.8, 4) is 11.5 Å². The van der Waals surface area contributed by atoms with Crippen molar-refractivity contribution in [2.45, 2.75) is 25.9 Å². The van der Waals surface area contributed by atoms with Crippen LogP contribution in [0, 0.1) is 20.8 Å². The first-order valence-electron chi connectivity index (χ1n) is 9.83. The molecule has 30 heavy (non-hydrogen) atoms. The van der Waals surface area contributed by atoms with E-state index >= 15 is 0 Å². The predicted molar refractivity (Wildman–Crippen MR) is 117 cm³/mol. The summed E-state index contributed by atoms with van der Waals surface area (Å²) in [7, 11) is 0. The summed E-state index contributed by atoms with van der Waals surface area (Å²) in [5.74, 6) is 1.58. The molecule has 0 aliphatic carbocycles. The maximum absolute atomic E-state index is 12.8. The molecule has 1 aliphatic heterocycles. The molecule has 0 fully saturated rings. The third-order valence-corrected chi connectivity index (χ3v) is 6.44. The van der Waals surface area contributed by atoms with Crippen LogP contribution in [0.1, 0.15) is 27.0 Å². The standard InChI is InChI=1S/C23H21N3O3S/c1-13-4-5-17-10-14(2)22-24-25-23(26(22)21(17)15(13)3)30-12-18(27)16-6-7-19-20(11-16)29-9-8-28-19/h4-7,10-11H,8-9,12H2,1-3H3. The van der Waals surface area contributed by atoms with Crippen molar-refractivity contribution < 1.29 is 14.3 Å². The number of ketones is 1. The highest BCUT2D eigenvalue weighted by Crippen LogP contribution is 2.32. The molecule has 0 saturated carbocycles. The van der Waals surface area contributed by atoms with Crippen LogP contribution in [0.4, 0.5) is 0 Å². The molecule has 3 heterocycles. The topological polar surface area (TPSA) is 65.7 Å². The Hall–Kier alpha value is -3.06. The number of carbonyl (C=O) groups is 1. The Labute approximate surface area is 178 Å². The van der Waals surface area contributed by atoms with Crippen molar-refractivity contribution in [2.75, 3.05) is 19.0 Å². The number of nitrogens with zero attached hydrogens (tertiary/aromatic N) is 3. The van der Waals surface area contributed by atoms with Gasteiger partial charge in [-0.2, -0.15) is 0 Å². The van der Waals surface area contributed by atoms with Crippen LogP contribution >= 0.6 is 11.8 Å². The molecule has 1 aliphatic rings. The van der Waals surface area contributed by atoms with Crippen molar-refractivity contribution in [1.82, 2.24) is 14.6 Å². The molecule has 0 spiro atoms. The molecular weight excluding hydrogens is 398 g/mol. The minimum Gasteiger partial charge on any atom is -0.486 e. The van der Waals surface area contributed by atoms with Gasteiger partial charge in [0.05, 0.1) is 11.3 Å². The SMILES string of the molecule is Cc1ccc2cc(C)c3nnc(SCC(=O)c4ccc5c(c4)OCCO5)n3c2c1C. The van der Waals surface area contributed by atoms with Crippen molar-refractivity contribution in [2.24, 2.45) is 0 Å². The van der Waals surface area contributed by atoms with E-state index in [4.69, 9.17) is 9.47 Å². The van der Waals surface area contributed by atoms with Gasteiger partial charge in [-0.05, 0) is 67.1 Å². The lowest BCUT2D eigenvalue weighted by atomic mass is 10.0. The highest BCUT2D eigenvalue weighted by Gasteiger charge is 2.18. The second-order valence-corrected chi connectivity index (χ2v) is 8.43. The number of ether oxygens (including phenoxy) is 2. The highest BCUT2D eigenvalue weighted by molar-refractivity contribution is 7.99. The Balaban J connectivity index is 1.49. The van der Waals surface area contributed by atoms with Crippen molar-refractivity contribution in [3.63, 3.8) is 0 Å². The number of rotatable bonds is 4. The van der Waals surface area contributed by atoms with E-state index in [2.05, 4.69) is 46.6 Å². The van der Waals surface area contributed by atoms with Gasteiger partial charge in [-0.25, -0.2) is 0 Å². The zero-order valence-electron chi connectivity index (χ0n) is 17.1. The first kappa shape index (κ1) is 18.9. The van der Waals surface area contributed by atoms with E-state index < -0.39 is 0 Å². The molecule has 0 N–H and O–H groups in total. The van der Waals surface area contributed by atoms with Crippen molar-refractivity contribution in [1.29, 1.82) is 0 Å². The zero-order chi connectivity index (χ0) is 20.8. The second-order valence-electron chi connectivity index (χ2n) is 7.48. The van der Waals surface area contributed by atoms with Gasteiger partial charge in [0.15, 0.2) is 28.1 Å². The molecule has 0 bridgehead atoms. The summed E-state index contributed by atoms with van der Waals surface area (Å²) in [6.07, 6.45) is 0. The van der Waals surface area contributed by atoms with Crippen molar-refractivity contribution >= 4 is 34.1 Å². The van der Waals surface area contributed by atoms with Crippen LogP contribution < -0.4 is 9.47 Å². The number of aryl methyl sites for hydroxylation is 3. The van der Waals surface area contributed by atoms with Gasteiger partial charge in [0.1, 0.15) is 13.2 Å². The monoisotopic (exact) mass is 419 g/mol. The molecule has 152 valence electrons. The van der Waals surface area contributed by atoms with Gasteiger partial charge in [0.25, 0.3) is 0 Å². The number of fused-ring (bicyclic) bond motifs is 4. The third-order valence-electron chi connectivity index (χ3n) is 5.51. The highest BCUT2D eigenvalue weighted by atomic mass is 32.2. The van der Waals surface area contributed by atoms with Crippen LogP contribution in [0.15, 0.2) is 41.6 Å². The molecule has 4 aromatic rings. The molecule has 0 radical (unpaired) electrons. The summed E-state index contributed by atoms with van der Waals surface area (Å²) in [5.41, 5.74) is 5.99. The average Bonchev–Trinajstić information content (AvgIpc) is 3.19. The lowest BCUT2D eigenvalue weighted by Gasteiger charge is -2.18. The minimum atomic E-state index is 0.0126. The molecule has 2 aromatic carbocycles. The fourth-order valence-electron chi connectivity index (χ4n) is 3.78. The van der Waals surface area contributed by atoms with E-state index in [-0.39, 0.29) is 11.5 Å². The number of carbonyl (C=O) groups excluding carboxylic acids is 1. The van der Waals surface area contributed by atoms with Gasteiger partial charge in [-0.3, -0.25) is 9.20 Å². The summed E-state index contributed by atoms with van der Waals surface area (Å²) in [5, 5.41) is 10.6. The van der Waals surface area contributed by atoms with Gasteiger partial charge >= 0.3 is 0 Å². The molecule has 7 heteroatoms. The number of pyridine rings is 1. The van der Waals surface area contributed by atoms with Gasteiger partial charge in [0, 0.05) is 5.56 Å². The Morgan fingerprint density at radius 2 is 1.80 bits per heavy atom. The van der Waals surface area contributed by atoms with E-state index in [1.54, 1.807) is 18.2 Å². The Morgan fingerprint density at radius 3 is 2.63 bits per heavy atom. The number of Topliss-reactive ketones (excluding diaryl/α,β-unsaturated/α-hetero) is 1. The van der Waals surface area contributed by atoms with Crippen LogP contribution in [-0.2, 0) is 0 Å². The van der Waals surface area contributed by atoms with Crippen LogP contribution in [0.25, 0.3) is 16.6 Å². The molecule has 0 amide bonds. The van der Waals surface area contributed by atoms with E-state index in [9.17, 15) is 4.79 Å². The Bertz CT molecular complexity index is 1310. The Kier molecular flexibility index (Phi) is 4.62. The number of hydrogen-bond donors (Lipinski definition) is 0. The largest absolute Gasteiger partial charge is 0.486 e. The first-order valence-corrected chi connectivity index (χ1v) is 10.8. The van der Waals surface area contributed by atoms with E-state index in [1.165, 1.54) is 22.9 Å². The van der Waals surface area contributed by atoms with Crippen LogP contribution in [-0.4, -0.2) is 39.3 Å². The van der Waals surface area contributed by atoms with Gasteiger partial charge in [0.2, 0.25) is 0 Å². The van der Waals surface area contributed by atoms with Gasteiger partial charge in [-0.1, -0.05) is 23.9 Å². The predicted octanol–water partition coefficient (Wildman–Crippen LogP) is 4.55. The molecule has 5 rings (SSSR count). The summed E-state index contributed by atoms with van der Waals surface area (Å²) >= 11 is 1.40. The first-order chi connectivity index (χ1) is 14.5.